The topological polar surface area (TPSA) is 24.9 Å². The number of thiazole rings is 1. The molecule has 1 N–H and O–H groups in total. The van der Waals surface area contributed by atoms with Crippen LogP contribution in [0.4, 0.5) is 0 Å². The summed E-state index contributed by atoms with van der Waals surface area (Å²) in [4.78, 5) is 6.26. The van der Waals surface area contributed by atoms with Gasteiger partial charge >= 0.3 is 0 Å². The Labute approximate surface area is 102 Å². The van der Waals surface area contributed by atoms with Crippen molar-refractivity contribution in [3.05, 3.63) is 15.6 Å². The highest BCUT2D eigenvalue weighted by molar-refractivity contribution is 7.11. The van der Waals surface area contributed by atoms with Gasteiger partial charge in [-0.05, 0) is 32.7 Å². The number of hydrogen-bond acceptors (Lipinski definition) is 3. The highest BCUT2D eigenvalue weighted by Gasteiger charge is 2.37. The van der Waals surface area contributed by atoms with E-state index in [-0.39, 0.29) is 5.54 Å². The Bertz CT molecular complexity index is 351. The summed E-state index contributed by atoms with van der Waals surface area (Å²) in [5.41, 5.74) is 1.50. The molecule has 0 spiro atoms. The van der Waals surface area contributed by atoms with Gasteiger partial charge in [-0.2, -0.15) is 0 Å². The molecule has 3 heteroatoms. The summed E-state index contributed by atoms with van der Waals surface area (Å²) < 4.78 is 0. The molecule has 2 nitrogen and oxygen atoms in total. The Morgan fingerprint density at radius 3 is 2.50 bits per heavy atom. The lowest BCUT2D eigenvalue weighted by Gasteiger charge is -2.27. The van der Waals surface area contributed by atoms with Gasteiger partial charge in [-0.3, -0.25) is 0 Å². The summed E-state index contributed by atoms with van der Waals surface area (Å²) in [7, 11) is 0. The van der Waals surface area contributed by atoms with Crippen molar-refractivity contribution in [1.29, 1.82) is 0 Å². The van der Waals surface area contributed by atoms with Crippen molar-refractivity contribution in [3.63, 3.8) is 0 Å². The van der Waals surface area contributed by atoms with Gasteiger partial charge < -0.3 is 5.32 Å². The molecule has 1 heterocycles. The van der Waals surface area contributed by atoms with Gasteiger partial charge in [-0.25, -0.2) is 4.98 Å². The minimum atomic E-state index is 0.206. The lowest BCUT2D eigenvalue weighted by atomic mass is 9.98. The van der Waals surface area contributed by atoms with E-state index in [2.05, 4.69) is 26.1 Å². The molecule has 2 rings (SSSR count). The average Bonchev–Trinajstić information content (AvgIpc) is 2.86. The van der Waals surface area contributed by atoms with Crippen molar-refractivity contribution >= 4 is 11.3 Å². The standard InChI is InChI=1S/C13H22N2S/c1-4-11-10(3)16-12(15-11)13(14-5-2)8-6-7-9-13/h14H,4-9H2,1-3H3. The molecule has 0 aromatic carbocycles. The van der Waals surface area contributed by atoms with Crippen LogP contribution in [0.25, 0.3) is 0 Å². The van der Waals surface area contributed by atoms with Crippen LogP contribution < -0.4 is 5.32 Å². The Balaban J connectivity index is 2.31. The molecule has 0 aliphatic heterocycles. The van der Waals surface area contributed by atoms with Gasteiger partial charge in [0.2, 0.25) is 0 Å². The normalized spacial score (nSPS) is 19.2. The first-order chi connectivity index (χ1) is 7.72. The molecule has 0 bridgehead atoms. The quantitative estimate of drug-likeness (QED) is 0.869. The number of nitrogens with one attached hydrogen (secondary N) is 1. The molecule has 16 heavy (non-hydrogen) atoms. The minimum Gasteiger partial charge on any atom is -0.306 e. The van der Waals surface area contributed by atoms with E-state index in [1.54, 1.807) is 0 Å². The second-order valence-electron chi connectivity index (χ2n) is 4.69. The maximum atomic E-state index is 4.86. The number of rotatable bonds is 4. The molecule has 1 saturated carbocycles. The molecule has 1 aromatic heterocycles. The van der Waals surface area contributed by atoms with Gasteiger partial charge in [-0.1, -0.05) is 26.7 Å². The van der Waals surface area contributed by atoms with E-state index in [0.29, 0.717) is 0 Å². The number of aromatic nitrogens is 1. The first-order valence-electron chi connectivity index (χ1n) is 6.43. The molecule has 1 aliphatic carbocycles. The van der Waals surface area contributed by atoms with E-state index in [1.807, 2.05) is 11.3 Å². The molecular formula is C13H22N2S. The van der Waals surface area contributed by atoms with Crippen molar-refractivity contribution in [2.45, 2.75) is 58.4 Å². The fourth-order valence-corrected chi connectivity index (χ4v) is 3.97. The molecular weight excluding hydrogens is 216 g/mol. The van der Waals surface area contributed by atoms with Gasteiger partial charge in [0, 0.05) is 4.88 Å². The first kappa shape index (κ1) is 12.1. The number of nitrogens with zero attached hydrogens (tertiary/aromatic N) is 1. The molecule has 0 amide bonds. The highest BCUT2D eigenvalue weighted by atomic mass is 32.1. The van der Waals surface area contributed by atoms with Crippen LogP contribution in [0.1, 0.15) is 55.1 Å². The SMILES string of the molecule is CCNC1(c2nc(CC)c(C)s2)CCCC1. The van der Waals surface area contributed by atoms with Crippen LogP contribution in [-0.4, -0.2) is 11.5 Å². The van der Waals surface area contributed by atoms with E-state index in [0.717, 1.165) is 13.0 Å². The minimum absolute atomic E-state index is 0.206. The van der Waals surface area contributed by atoms with Crippen LogP contribution in [0.15, 0.2) is 0 Å². The third-order valence-electron chi connectivity index (χ3n) is 3.61. The third kappa shape index (κ3) is 2.03. The molecule has 0 radical (unpaired) electrons. The summed E-state index contributed by atoms with van der Waals surface area (Å²) in [5.74, 6) is 0. The second kappa shape index (κ2) is 4.84. The zero-order valence-electron chi connectivity index (χ0n) is 10.6. The van der Waals surface area contributed by atoms with Crippen LogP contribution in [0.3, 0.4) is 0 Å². The van der Waals surface area contributed by atoms with Crippen LogP contribution in [0.2, 0.25) is 0 Å². The lowest BCUT2D eigenvalue weighted by molar-refractivity contribution is 0.348. The largest absolute Gasteiger partial charge is 0.306 e. The molecule has 1 aromatic rings. The van der Waals surface area contributed by atoms with Crippen LogP contribution in [-0.2, 0) is 12.0 Å². The van der Waals surface area contributed by atoms with E-state index in [9.17, 15) is 0 Å². The summed E-state index contributed by atoms with van der Waals surface area (Å²) >= 11 is 1.90. The fourth-order valence-electron chi connectivity index (χ4n) is 2.74. The summed E-state index contributed by atoms with van der Waals surface area (Å²) in [6.45, 7) is 7.64. The molecule has 1 aliphatic rings. The summed E-state index contributed by atoms with van der Waals surface area (Å²) in [5, 5.41) is 5.02. The van der Waals surface area contributed by atoms with Gasteiger partial charge in [-0.15, -0.1) is 11.3 Å². The van der Waals surface area contributed by atoms with E-state index in [4.69, 9.17) is 4.98 Å². The molecule has 1 fully saturated rings. The van der Waals surface area contributed by atoms with Crippen LogP contribution in [0, 0.1) is 6.92 Å². The molecule has 0 atom stereocenters. The van der Waals surface area contributed by atoms with Gasteiger partial charge in [0.15, 0.2) is 0 Å². The molecule has 0 unspecified atom stereocenters. The zero-order valence-corrected chi connectivity index (χ0v) is 11.4. The second-order valence-corrected chi connectivity index (χ2v) is 5.90. The van der Waals surface area contributed by atoms with E-state index >= 15 is 0 Å². The van der Waals surface area contributed by atoms with Crippen LogP contribution >= 0.6 is 11.3 Å². The fraction of sp³-hybridized carbons (Fsp3) is 0.769. The van der Waals surface area contributed by atoms with Gasteiger partial charge in [0.25, 0.3) is 0 Å². The average molecular weight is 238 g/mol. The van der Waals surface area contributed by atoms with Crippen molar-refractivity contribution in [1.82, 2.24) is 10.3 Å². The predicted octanol–water partition coefficient (Wildman–Crippen LogP) is 3.39. The van der Waals surface area contributed by atoms with Crippen molar-refractivity contribution in [3.8, 4) is 0 Å². The lowest BCUT2D eigenvalue weighted by Crippen LogP contribution is -2.39. The highest BCUT2D eigenvalue weighted by Crippen LogP contribution is 2.41. The monoisotopic (exact) mass is 238 g/mol. The van der Waals surface area contributed by atoms with E-state index in [1.165, 1.54) is 41.3 Å². The Kier molecular flexibility index (Phi) is 3.65. The number of hydrogen-bond donors (Lipinski definition) is 1. The van der Waals surface area contributed by atoms with Gasteiger partial charge in [0.05, 0.1) is 11.2 Å². The van der Waals surface area contributed by atoms with Gasteiger partial charge in [0.1, 0.15) is 5.01 Å². The maximum Gasteiger partial charge on any atom is 0.113 e. The van der Waals surface area contributed by atoms with Crippen molar-refractivity contribution in [2.75, 3.05) is 6.54 Å². The first-order valence-corrected chi connectivity index (χ1v) is 7.25. The van der Waals surface area contributed by atoms with E-state index < -0.39 is 0 Å². The predicted molar refractivity (Wildman–Crippen MR) is 70.1 cm³/mol. The Hall–Kier alpha value is -0.410. The van der Waals surface area contributed by atoms with Crippen molar-refractivity contribution < 1.29 is 0 Å². The summed E-state index contributed by atoms with van der Waals surface area (Å²) in [6, 6.07) is 0. The Morgan fingerprint density at radius 2 is 2.00 bits per heavy atom. The summed E-state index contributed by atoms with van der Waals surface area (Å²) in [6.07, 6.45) is 6.26. The molecule has 0 saturated heterocycles. The number of aryl methyl sites for hydroxylation is 2. The third-order valence-corrected chi connectivity index (χ3v) is 4.83. The van der Waals surface area contributed by atoms with Crippen molar-refractivity contribution in [2.24, 2.45) is 0 Å². The Morgan fingerprint density at radius 1 is 1.31 bits per heavy atom. The molecule has 90 valence electrons. The zero-order chi connectivity index (χ0) is 11.6. The smallest absolute Gasteiger partial charge is 0.113 e. The maximum absolute atomic E-state index is 4.86. The van der Waals surface area contributed by atoms with Crippen LogP contribution in [0.5, 0.6) is 0 Å².